The van der Waals surface area contributed by atoms with Gasteiger partial charge in [0.1, 0.15) is 28.0 Å². The van der Waals surface area contributed by atoms with E-state index in [9.17, 15) is 21.6 Å². The molecule has 0 saturated carbocycles. The molecule has 160 valence electrons. The first kappa shape index (κ1) is 21.6. The van der Waals surface area contributed by atoms with Crippen LogP contribution in [0.4, 0.5) is 11.4 Å². The second-order valence-electron chi connectivity index (χ2n) is 6.31. The lowest BCUT2D eigenvalue weighted by atomic mass is 10.2. The van der Waals surface area contributed by atoms with Gasteiger partial charge in [-0.25, -0.2) is 8.42 Å². The number of nitrogens with zero attached hydrogens (tertiary/aromatic N) is 1. The smallest absolute Gasteiger partial charge is 0.286 e. The lowest BCUT2D eigenvalue weighted by molar-refractivity contribution is -0.113. The van der Waals surface area contributed by atoms with Gasteiger partial charge in [-0.2, -0.15) is 8.42 Å². The highest BCUT2D eigenvalue weighted by molar-refractivity contribution is 7.92. The van der Waals surface area contributed by atoms with E-state index >= 15 is 0 Å². The Hall–Kier alpha value is -3.12. The number of carbonyl (C=O) groups excluding carboxylic acids is 1. The van der Waals surface area contributed by atoms with E-state index in [1.54, 1.807) is 6.07 Å². The Kier molecular flexibility index (Phi) is 5.72. The summed E-state index contributed by atoms with van der Waals surface area (Å²) < 4.78 is 63.6. The number of amidine groups is 1. The minimum absolute atomic E-state index is 0.172. The Balaban J connectivity index is 1.84. The van der Waals surface area contributed by atoms with E-state index in [1.165, 1.54) is 45.4 Å². The van der Waals surface area contributed by atoms with Gasteiger partial charge in [-0.1, -0.05) is 0 Å². The molecule has 12 heteroatoms. The van der Waals surface area contributed by atoms with Crippen molar-refractivity contribution < 1.29 is 31.1 Å². The Morgan fingerprint density at radius 3 is 2.53 bits per heavy atom. The Labute approximate surface area is 173 Å². The second kappa shape index (κ2) is 7.95. The van der Waals surface area contributed by atoms with E-state index in [4.69, 9.17) is 9.47 Å². The zero-order valence-corrected chi connectivity index (χ0v) is 17.9. The van der Waals surface area contributed by atoms with Crippen LogP contribution in [0.2, 0.25) is 0 Å². The summed E-state index contributed by atoms with van der Waals surface area (Å²) in [4.78, 5) is 11.8. The molecule has 0 saturated heterocycles. The normalized spacial score (nSPS) is 14.7. The molecule has 1 aliphatic rings. The lowest BCUT2D eigenvalue weighted by Gasteiger charge is -2.17. The molecule has 2 aromatic rings. The van der Waals surface area contributed by atoms with Crippen LogP contribution in [0.25, 0.3) is 0 Å². The molecule has 2 N–H and O–H groups in total. The molecule has 0 atom stereocenters. The molecule has 0 aliphatic carbocycles. The first-order valence-electron chi connectivity index (χ1n) is 8.53. The van der Waals surface area contributed by atoms with Gasteiger partial charge < -0.3 is 20.1 Å². The number of benzene rings is 2. The standard InChI is InChI=1S/C18H19N3O7S2/c1-11-19-15-7-5-13(9-17(15)30(25,26)21-11)29(23,24)10-18(22)20-14-6-4-12(27-2)8-16(14)28-3/h4-9H,10H2,1-3H3,(H,19,21)(H,20,22). The molecule has 2 aromatic carbocycles. The van der Waals surface area contributed by atoms with Gasteiger partial charge in [0, 0.05) is 6.07 Å². The average Bonchev–Trinajstić information content (AvgIpc) is 2.66. The van der Waals surface area contributed by atoms with Crippen molar-refractivity contribution in [1.29, 1.82) is 0 Å². The summed E-state index contributed by atoms with van der Waals surface area (Å²) in [6.45, 7) is 1.48. The fraction of sp³-hybridized carbons (Fsp3) is 0.222. The van der Waals surface area contributed by atoms with Crippen LogP contribution in [0.15, 0.2) is 50.6 Å². The largest absolute Gasteiger partial charge is 0.497 e. The van der Waals surface area contributed by atoms with Gasteiger partial charge >= 0.3 is 0 Å². The van der Waals surface area contributed by atoms with Crippen molar-refractivity contribution in [3.8, 4) is 11.5 Å². The number of sulfonamides is 1. The molecule has 0 aromatic heterocycles. The number of methoxy groups -OCH3 is 2. The molecule has 0 fully saturated rings. The monoisotopic (exact) mass is 453 g/mol. The number of carbonyl (C=O) groups is 1. The van der Waals surface area contributed by atoms with Crippen LogP contribution in [0, 0.1) is 0 Å². The van der Waals surface area contributed by atoms with Crippen molar-refractivity contribution in [3.05, 3.63) is 36.4 Å². The van der Waals surface area contributed by atoms with Crippen LogP contribution in [0.1, 0.15) is 6.92 Å². The third-order valence-corrected chi connectivity index (χ3v) is 7.19. The van der Waals surface area contributed by atoms with Crippen LogP contribution in [-0.2, 0) is 24.7 Å². The fourth-order valence-electron chi connectivity index (χ4n) is 2.80. The van der Waals surface area contributed by atoms with Crippen LogP contribution in [0.3, 0.4) is 0 Å². The van der Waals surface area contributed by atoms with E-state index < -0.39 is 31.5 Å². The zero-order chi connectivity index (χ0) is 22.1. The van der Waals surface area contributed by atoms with Gasteiger partial charge in [-0.05, 0) is 37.3 Å². The predicted molar refractivity (Wildman–Crippen MR) is 111 cm³/mol. The molecule has 0 bridgehead atoms. The highest BCUT2D eigenvalue weighted by atomic mass is 32.2. The van der Waals surface area contributed by atoms with Crippen molar-refractivity contribution >= 4 is 43.0 Å². The van der Waals surface area contributed by atoms with Gasteiger partial charge in [0.15, 0.2) is 9.84 Å². The summed E-state index contributed by atoms with van der Waals surface area (Å²) in [6, 6.07) is 8.17. The SMILES string of the molecule is COc1ccc(NC(=O)CS(=O)(=O)c2ccc3c(c2)S(=O)(=O)N=C(C)N3)c(OC)c1. The van der Waals surface area contributed by atoms with Gasteiger partial charge in [-0.3, -0.25) is 4.79 Å². The summed E-state index contributed by atoms with van der Waals surface area (Å²) in [6.07, 6.45) is 0. The van der Waals surface area contributed by atoms with Crippen molar-refractivity contribution in [3.63, 3.8) is 0 Å². The maximum Gasteiger partial charge on any atom is 0.286 e. The van der Waals surface area contributed by atoms with Crippen molar-refractivity contribution in [1.82, 2.24) is 0 Å². The molecule has 30 heavy (non-hydrogen) atoms. The first-order valence-corrected chi connectivity index (χ1v) is 11.6. The topological polar surface area (TPSA) is 140 Å². The molecule has 1 aliphatic heterocycles. The van der Waals surface area contributed by atoms with E-state index in [1.807, 2.05) is 0 Å². The van der Waals surface area contributed by atoms with Gasteiger partial charge in [0.25, 0.3) is 10.0 Å². The van der Waals surface area contributed by atoms with Gasteiger partial charge in [0.2, 0.25) is 5.91 Å². The van der Waals surface area contributed by atoms with Crippen LogP contribution in [0.5, 0.6) is 11.5 Å². The van der Waals surface area contributed by atoms with Crippen LogP contribution >= 0.6 is 0 Å². The highest BCUT2D eigenvalue weighted by Crippen LogP contribution is 2.31. The lowest BCUT2D eigenvalue weighted by Crippen LogP contribution is -2.24. The van der Waals surface area contributed by atoms with Gasteiger partial charge in [-0.15, -0.1) is 4.40 Å². The first-order chi connectivity index (χ1) is 14.1. The molecule has 0 unspecified atom stereocenters. The highest BCUT2D eigenvalue weighted by Gasteiger charge is 2.27. The van der Waals surface area contributed by atoms with Crippen molar-refractivity contribution in [2.75, 3.05) is 30.6 Å². The molecule has 1 heterocycles. The number of amides is 1. The van der Waals surface area contributed by atoms with E-state index in [0.29, 0.717) is 11.5 Å². The number of rotatable bonds is 6. The second-order valence-corrected chi connectivity index (χ2v) is 9.87. The third-order valence-electron chi connectivity index (χ3n) is 4.17. The fourth-order valence-corrected chi connectivity index (χ4v) is 5.21. The predicted octanol–water partition coefficient (Wildman–Crippen LogP) is 1.65. The minimum atomic E-state index is -4.13. The van der Waals surface area contributed by atoms with Crippen molar-refractivity contribution in [2.45, 2.75) is 16.7 Å². The van der Waals surface area contributed by atoms with Crippen molar-refractivity contribution in [2.24, 2.45) is 4.40 Å². The molecule has 0 spiro atoms. The number of hydrogen-bond donors (Lipinski definition) is 2. The van der Waals surface area contributed by atoms with Crippen LogP contribution in [-0.4, -0.2) is 48.6 Å². The number of nitrogens with one attached hydrogen (secondary N) is 2. The third kappa shape index (κ3) is 4.39. The maximum absolute atomic E-state index is 12.7. The zero-order valence-electron chi connectivity index (χ0n) is 16.3. The van der Waals surface area contributed by atoms with E-state index in [2.05, 4.69) is 15.0 Å². The molecule has 10 nitrogen and oxygen atoms in total. The maximum atomic E-state index is 12.7. The Bertz CT molecular complexity index is 1250. The number of hydrogen-bond acceptors (Lipinski definition) is 8. The summed E-state index contributed by atoms with van der Waals surface area (Å²) in [5.41, 5.74) is 0.481. The van der Waals surface area contributed by atoms with Gasteiger partial charge in [0.05, 0.1) is 30.5 Å². The number of sulfone groups is 1. The summed E-state index contributed by atoms with van der Waals surface area (Å²) in [5.74, 6) is -0.744. The number of fused-ring (bicyclic) bond motifs is 1. The van der Waals surface area contributed by atoms with E-state index in [0.717, 1.165) is 6.07 Å². The Morgan fingerprint density at radius 1 is 1.13 bits per heavy atom. The van der Waals surface area contributed by atoms with E-state index in [-0.39, 0.29) is 27.0 Å². The summed E-state index contributed by atoms with van der Waals surface area (Å²) in [7, 11) is -5.29. The molecular weight excluding hydrogens is 434 g/mol. The number of ether oxygens (including phenoxy) is 2. The number of anilines is 2. The Morgan fingerprint density at radius 2 is 1.87 bits per heavy atom. The summed E-state index contributed by atoms with van der Waals surface area (Å²) in [5, 5.41) is 5.23. The minimum Gasteiger partial charge on any atom is -0.497 e. The molecular formula is C18H19N3O7S2. The van der Waals surface area contributed by atoms with Crippen LogP contribution < -0.4 is 20.1 Å². The quantitative estimate of drug-likeness (QED) is 0.673. The average molecular weight is 453 g/mol. The molecule has 0 radical (unpaired) electrons. The molecule has 3 rings (SSSR count). The molecule has 1 amide bonds. The summed E-state index contributed by atoms with van der Waals surface area (Å²) >= 11 is 0.